The molecule has 0 spiro atoms. The number of benzene rings is 5. The van der Waals surface area contributed by atoms with Crippen molar-refractivity contribution in [2.75, 3.05) is 0 Å². The molecule has 0 unspecified atom stereocenters. The van der Waals surface area contributed by atoms with Gasteiger partial charge in [0, 0.05) is 22.9 Å². The molecule has 2 heterocycles. The fourth-order valence-electron chi connectivity index (χ4n) is 6.28. The quantitative estimate of drug-likeness (QED) is 0.206. The molecule has 0 aliphatic rings. The molecule has 0 atom stereocenters. The van der Waals surface area contributed by atoms with Gasteiger partial charge in [-0.25, -0.2) is 0 Å². The van der Waals surface area contributed by atoms with Gasteiger partial charge in [0.15, 0.2) is 0 Å². The first-order valence-corrected chi connectivity index (χ1v) is 13.6. The zero-order chi connectivity index (χ0) is 28.6. The summed E-state index contributed by atoms with van der Waals surface area (Å²) in [5.74, 6) is 0. The van der Waals surface area contributed by atoms with Gasteiger partial charge >= 0.3 is 0 Å². The third-order valence-corrected chi connectivity index (χ3v) is 8.22. The maximum atomic E-state index is 8.96. The number of rotatable bonds is 2. The molecule has 5 aromatic carbocycles. The molecular formula is C37H33N2+. The minimum atomic E-state index is -0.0343. The molecule has 0 N–H and O–H groups in total. The molecule has 2 heteroatoms. The summed E-state index contributed by atoms with van der Waals surface area (Å²) in [7, 11) is 2.14. The van der Waals surface area contributed by atoms with Gasteiger partial charge < -0.3 is 4.57 Å². The zero-order valence-corrected chi connectivity index (χ0v) is 23.1. The van der Waals surface area contributed by atoms with E-state index in [4.69, 9.17) is 2.74 Å². The van der Waals surface area contributed by atoms with E-state index in [0.717, 1.165) is 44.1 Å². The normalized spacial score (nSPS) is 12.9. The van der Waals surface area contributed by atoms with E-state index in [9.17, 15) is 0 Å². The van der Waals surface area contributed by atoms with Crippen LogP contribution in [0.25, 0.3) is 60.4 Å². The van der Waals surface area contributed by atoms with Crippen LogP contribution in [0.1, 0.15) is 34.6 Å². The van der Waals surface area contributed by atoms with Crippen LogP contribution in [0.2, 0.25) is 0 Å². The Morgan fingerprint density at radius 2 is 1.21 bits per heavy atom. The van der Waals surface area contributed by atoms with Gasteiger partial charge in [-0.15, -0.1) is 0 Å². The maximum Gasteiger partial charge on any atom is 0.215 e. The molecule has 2 aromatic heterocycles. The molecule has 190 valence electrons. The second kappa shape index (κ2) is 8.54. The number of hydrogen-bond acceptors (Lipinski definition) is 0. The number of nitrogens with zero attached hydrogens (tertiary/aromatic N) is 2. The summed E-state index contributed by atoms with van der Waals surface area (Å²) in [4.78, 5) is 0. The van der Waals surface area contributed by atoms with E-state index in [1.165, 1.54) is 27.5 Å². The van der Waals surface area contributed by atoms with Gasteiger partial charge in [-0.05, 0) is 58.5 Å². The van der Waals surface area contributed by atoms with Crippen molar-refractivity contribution in [1.82, 2.24) is 4.57 Å². The van der Waals surface area contributed by atoms with Crippen molar-refractivity contribution in [3.63, 3.8) is 0 Å². The monoisotopic (exact) mass is 507 g/mol. The maximum absolute atomic E-state index is 8.96. The highest BCUT2D eigenvalue weighted by molar-refractivity contribution is 6.10. The predicted octanol–water partition coefficient (Wildman–Crippen LogP) is 9.19. The minimum absolute atomic E-state index is 0.0343. The van der Waals surface area contributed by atoms with Gasteiger partial charge in [-0.3, -0.25) is 0 Å². The van der Waals surface area contributed by atoms with Gasteiger partial charge in [0.1, 0.15) is 7.05 Å². The molecule has 7 rings (SSSR count). The van der Waals surface area contributed by atoms with E-state index >= 15 is 0 Å². The van der Waals surface area contributed by atoms with Crippen LogP contribution in [-0.4, -0.2) is 4.57 Å². The third kappa shape index (κ3) is 3.51. The van der Waals surface area contributed by atoms with Crippen LogP contribution in [-0.2, 0) is 12.5 Å². The SMILES string of the molecule is [2H]c1cccc2c3cccc([2H])c3n(-c3cc(-c4cc(C(C)(C)C)c5ccccc5c4C)[n+](C)c4ccccc34)c12. The fraction of sp³-hybridized carbons (Fsp3) is 0.162. The molecule has 0 aliphatic carbocycles. The molecule has 0 radical (unpaired) electrons. The molecule has 0 fully saturated rings. The molecule has 0 aliphatic heterocycles. The summed E-state index contributed by atoms with van der Waals surface area (Å²) in [6.07, 6.45) is 0. The number of aryl methyl sites for hydroxylation is 2. The average Bonchev–Trinajstić information content (AvgIpc) is 3.30. The highest BCUT2D eigenvalue weighted by Gasteiger charge is 2.26. The molecule has 2 nitrogen and oxygen atoms in total. The second-order valence-electron chi connectivity index (χ2n) is 11.6. The van der Waals surface area contributed by atoms with E-state index < -0.39 is 0 Å². The molecular weight excluding hydrogens is 472 g/mol. The van der Waals surface area contributed by atoms with E-state index in [0.29, 0.717) is 12.1 Å². The van der Waals surface area contributed by atoms with Crippen molar-refractivity contribution in [2.45, 2.75) is 33.1 Å². The summed E-state index contributed by atoms with van der Waals surface area (Å²) in [6.45, 7) is 9.07. The van der Waals surface area contributed by atoms with Crippen molar-refractivity contribution < 1.29 is 7.31 Å². The van der Waals surface area contributed by atoms with Crippen molar-refractivity contribution >= 4 is 43.5 Å². The largest absolute Gasteiger partial charge is 0.308 e. The van der Waals surface area contributed by atoms with Crippen molar-refractivity contribution in [3.8, 4) is 16.9 Å². The Hall–Kier alpha value is -4.43. The lowest BCUT2D eigenvalue weighted by molar-refractivity contribution is -0.633. The van der Waals surface area contributed by atoms with Crippen LogP contribution in [0.4, 0.5) is 0 Å². The van der Waals surface area contributed by atoms with Gasteiger partial charge in [-0.1, -0.05) is 93.6 Å². The van der Waals surface area contributed by atoms with Crippen LogP contribution in [0.3, 0.4) is 0 Å². The smallest absolute Gasteiger partial charge is 0.215 e. The predicted molar refractivity (Wildman–Crippen MR) is 166 cm³/mol. The van der Waals surface area contributed by atoms with Crippen LogP contribution >= 0.6 is 0 Å². The third-order valence-electron chi connectivity index (χ3n) is 8.22. The molecule has 0 bridgehead atoms. The highest BCUT2D eigenvalue weighted by atomic mass is 15.0. The highest BCUT2D eigenvalue weighted by Crippen LogP contribution is 2.39. The van der Waals surface area contributed by atoms with Crippen LogP contribution in [0.15, 0.2) is 109 Å². The number of aromatic nitrogens is 2. The summed E-state index contributed by atoms with van der Waals surface area (Å²) in [5, 5.41) is 5.64. The molecule has 0 saturated carbocycles. The average molecular weight is 508 g/mol. The van der Waals surface area contributed by atoms with E-state index in [2.05, 4.69) is 117 Å². The lowest BCUT2D eigenvalue weighted by Crippen LogP contribution is -2.33. The van der Waals surface area contributed by atoms with Crippen LogP contribution in [0.5, 0.6) is 0 Å². The summed E-state index contributed by atoms with van der Waals surface area (Å²) in [5.41, 5.74) is 8.58. The summed E-state index contributed by atoms with van der Waals surface area (Å²) < 4.78 is 22.4. The Bertz CT molecular complexity index is 2120. The van der Waals surface area contributed by atoms with Gasteiger partial charge in [0.2, 0.25) is 11.2 Å². The number of fused-ring (bicyclic) bond motifs is 5. The Morgan fingerprint density at radius 3 is 1.85 bits per heavy atom. The Morgan fingerprint density at radius 1 is 0.667 bits per heavy atom. The van der Waals surface area contributed by atoms with E-state index in [1.54, 1.807) is 0 Å². The van der Waals surface area contributed by atoms with Gasteiger partial charge in [0.25, 0.3) is 0 Å². The Balaban J connectivity index is 1.68. The van der Waals surface area contributed by atoms with Crippen LogP contribution < -0.4 is 4.57 Å². The number of pyridine rings is 1. The lowest BCUT2D eigenvalue weighted by Gasteiger charge is -2.24. The van der Waals surface area contributed by atoms with Crippen molar-refractivity contribution in [1.29, 1.82) is 0 Å². The van der Waals surface area contributed by atoms with E-state index in [-0.39, 0.29) is 5.41 Å². The number of hydrogen-bond donors (Lipinski definition) is 0. The molecule has 7 aromatic rings. The Kier molecular flexibility index (Phi) is 4.71. The first kappa shape index (κ1) is 21.5. The topological polar surface area (TPSA) is 8.81 Å². The van der Waals surface area contributed by atoms with Crippen molar-refractivity contribution in [3.05, 3.63) is 120 Å². The minimum Gasteiger partial charge on any atom is -0.308 e. The molecule has 0 amide bonds. The number of para-hydroxylation sites is 3. The standard InChI is InChI=1S/C37H33N2/c1-24-25-14-6-7-15-26(25)31(37(2,3)4)22-30(24)35-23-36(29-18-10-11-19-32(29)38(35)5)39-33-20-12-8-16-27(33)28-17-9-13-21-34(28)39/h6-23H,1-5H3/q+1/i20D,21D. The van der Waals surface area contributed by atoms with Crippen LogP contribution in [0, 0.1) is 6.92 Å². The zero-order valence-electron chi connectivity index (χ0n) is 25.1. The van der Waals surface area contributed by atoms with E-state index in [1.807, 2.05) is 24.3 Å². The van der Waals surface area contributed by atoms with Gasteiger partial charge in [-0.2, -0.15) is 4.57 Å². The van der Waals surface area contributed by atoms with Gasteiger partial charge in [0.05, 0.1) is 30.4 Å². The summed E-state index contributed by atoms with van der Waals surface area (Å²) >= 11 is 0. The van der Waals surface area contributed by atoms with Crippen molar-refractivity contribution in [2.24, 2.45) is 7.05 Å². The second-order valence-corrected chi connectivity index (χ2v) is 11.6. The fourth-order valence-corrected chi connectivity index (χ4v) is 6.28. The molecule has 39 heavy (non-hydrogen) atoms. The summed E-state index contributed by atoms with van der Waals surface area (Å²) in [6, 6.07) is 34.5. The first-order valence-electron chi connectivity index (χ1n) is 14.6. The Labute approximate surface area is 232 Å². The first-order chi connectivity index (χ1) is 19.7. The molecule has 0 saturated heterocycles. The lowest BCUT2D eigenvalue weighted by atomic mass is 9.80.